The van der Waals surface area contributed by atoms with Crippen molar-refractivity contribution in [2.75, 3.05) is 26.2 Å². The summed E-state index contributed by atoms with van der Waals surface area (Å²) in [5.74, 6) is 0.0766. The normalized spacial score (nSPS) is 18.3. The Bertz CT molecular complexity index is 459. The molecule has 1 fully saturated rings. The van der Waals surface area contributed by atoms with Crippen molar-refractivity contribution in [2.45, 2.75) is 19.4 Å². The Hall–Kier alpha value is -0.610. The standard InChI is InChI=1S/C14H18Cl2N2O/c1-10(18-6-4-17-5-7-18)8-14(19)12-3-2-11(15)9-13(12)16/h2-3,9-10,17H,4-8H2,1H3. The monoisotopic (exact) mass is 300 g/mol. The molecule has 5 heteroatoms. The van der Waals surface area contributed by atoms with Gasteiger partial charge in [-0.2, -0.15) is 0 Å². The van der Waals surface area contributed by atoms with Crippen LogP contribution in [0.3, 0.4) is 0 Å². The first-order valence-corrected chi connectivity index (χ1v) is 7.26. The van der Waals surface area contributed by atoms with Crippen molar-refractivity contribution >= 4 is 29.0 Å². The lowest BCUT2D eigenvalue weighted by Gasteiger charge is -2.32. The molecule has 1 atom stereocenters. The zero-order chi connectivity index (χ0) is 13.8. The van der Waals surface area contributed by atoms with Crippen molar-refractivity contribution < 1.29 is 4.79 Å². The van der Waals surface area contributed by atoms with Crippen LogP contribution >= 0.6 is 23.2 Å². The van der Waals surface area contributed by atoms with E-state index in [1.54, 1.807) is 18.2 Å². The molecule has 1 aliphatic heterocycles. The summed E-state index contributed by atoms with van der Waals surface area (Å²) in [5, 5.41) is 4.30. The number of hydrogen-bond acceptors (Lipinski definition) is 3. The summed E-state index contributed by atoms with van der Waals surface area (Å²) >= 11 is 11.9. The van der Waals surface area contributed by atoms with Gasteiger partial charge in [-0.3, -0.25) is 9.69 Å². The summed E-state index contributed by atoms with van der Waals surface area (Å²) in [6, 6.07) is 5.26. The quantitative estimate of drug-likeness (QED) is 0.868. The molecule has 0 aromatic heterocycles. The third-order valence-corrected chi connectivity index (χ3v) is 4.04. The number of Topliss-reactive ketones (excluding diaryl/α,β-unsaturated/α-hetero) is 1. The van der Waals surface area contributed by atoms with Gasteiger partial charge >= 0.3 is 0 Å². The predicted molar refractivity (Wildman–Crippen MR) is 79.3 cm³/mol. The van der Waals surface area contributed by atoms with Crippen molar-refractivity contribution in [1.82, 2.24) is 10.2 Å². The number of nitrogens with one attached hydrogen (secondary N) is 1. The van der Waals surface area contributed by atoms with Gasteiger partial charge in [-0.25, -0.2) is 0 Å². The van der Waals surface area contributed by atoms with Crippen LogP contribution in [0.1, 0.15) is 23.7 Å². The maximum atomic E-state index is 12.3. The fraction of sp³-hybridized carbons (Fsp3) is 0.500. The Morgan fingerprint density at radius 2 is 2.05 bits per heavy atom. The van der Waals surface area contributed by atoms with Gasteiger partial charge in [-0.05, 0) is 25.1 Å². The Balaban J connectivity index is 1.99. The highest BCUT2D eigenvalue weighted by atomic mass is 35.5. The molecule has 1 N–H and O–H groups in total. The second-order valence-corrected chi connectivity index (χ2v) is 5.73. The van der Waals surface area contributed by atoms with E-state index in [4.69, 9.17) is 23.2 Å². The van der Waals surface area contributed by atoms with E-state index >= 15 is 0 Å². The fourth-order valence-corrected chi connectivity index (χ4v) is 2.86. The van der Waals surface area contributed by atoms with Crippen LogP contribution in [0.25, 0.3) is 0 Å². The Labute approximate surface area is 123 Å². The van der Waals surface area contributed by atoms with Gasteiger partial charge in [0.1, 0.15) is 0 Å². The van der Waals surface area contributed by atoms with Gasteiger partial charge in [0.25, 0.3) is 0 Å². The highest BCUT2D eigenvalue weighted by molar-refractivity contribution is 6.36. The average Bonchev–Trinajstić information content (AvgIpc) is 2.39. The van der Waals surface area contributed by atoms with Gasteiger partial charge < -0.3 is 5.32 Å². The van der Waals surface area contributed by atoms with E-state index in [0.29, 0.717) is 22.0 Å². The summed E-state index contributed by atoms with van der Waals surface area (Å²) in [7, 11) is 0. The second kappa shape index (κ2) is 6.71. The number of rotatable bonds is 4. The van der Waals surface area contributed by atoms with Crippen LogP contribution in [-0.2, 0) is 0 Å². The average molecular weight is 301 g/mol. The minimum atomic E-state index is 0.0766. The first kappa shape index (κ1) is 14.8. The lowest BCUT2D eigenvalue weighted by Crippen LogP contribution is -2.48. The Morgan fingerprint density at radius 3 is 2.68 bits per heavy atom. The van der Waals surface area contributed by atoms with Gasteiger partial charge in [0.2, 0.25) is 0 Å². The molecular formula is C14H18Cl2N2O. The molecule has 19 heavy (non-hydrogen) atoms. The van der Waals surface area contributed by atoms with E-state index in [2.05, 4.69) is 17.1 Å². The van der Waals surface area contributed by atoms with E-state index in [9.17, 15) is 4.79 Å². The molecule has 104 valence electrons. The molecule has 1 aromatic rings. The van der Waals surface area contributed by atoms with Gasteiger partial charge in [0, 0.05) is 49.2 Å². The summed E-state index contributed by atoms with van der Waals surface area (Å²) in [6.07, 6.45) is 0.487. The number of nitrogens with zero attached hydrogens (tertiary/aromatic N) is 1. The van der Waals surface area contributed by atoms with E-state index in [0.717, 1.165) is 26.2 Å². The number of piperazine rings is 1. The highest BCUT2D eigenvalue weighted by Crippen LogP contribution is 2.23. The minimum Gasteiger partial charge on any atom is -0.314 e. The predicted octanol–water partition coefficient (Wildman–Crippen LogP) is 2.86. The van der Waals surface area contributed by atoms with Crippen LogP contribution in [0.5, 0.6) is 0 Å². The first-order chi connectivity index (χ1) is 9.08. The topological polar surface area (TPSA) is 32.3 Å². The molecule has 0 radical (unpaired) electrons. The molecule has 0 amide bonds. The van der Waals surface area contributed by atoms with Crippen molar-refractivity contribution in [3.05, 3.63) is 33.8 Å². The lowest BCUT2D eigenvalue weighted by molar-refractivity contribution is 0.0918. The smallest absolute Gasteiger partial charge is 0.165 e. The molecule has 1 heterocycles. The largest absolute Gasteiger partial charge is 0.314 e. The molecule has 0 spiro atoms. The number of hydrogen-bond donors (Lipinski definition) is 1. The molecule has 0 bridgehead atoms. The molecular weight excluding hydrogens is 283 g/mol. The molecule has 1 saturated heterocycles. The van der Waals surface area contributed by atoms with Crippen molar-refractivity contribution in [2.24, 2.45) is 0 Å². The second-order valence-electron chi connectivity index (χ2n) is 4.89. The van der Waals surface area contributed by atoms with Crippen molar-refractivity contribution in [3.63, 3.8) is 0 Å². The summed E-state index contributed by atoms with van der Waals surface area (Å²) in [6.45, 7) is 6.04. The molecule has 1 unspecified atom stereocenters. The van der Waals surface area contributed by atoms with Crippen LogP contribution in [0.4, 0.5) is 0 Å². The molecule has 0 aliphatic carbocycles. The zero-order valence-electron chi connectivity index (χ0n) is 11.0. The van der Waals surface area contributed by atoms with Crippen LogP contribution in [0.15, 0.2) is 18.2 Å². The van der Waals surface area contributed by atoms with Crippen molar-refractivity contribution in [1.29, 1.82) is 0 Å². The van der Waals surface area contributed by atoms with Gasteiger partial charge in [0.15, 0.2) is 5.78 Å². The van der Waals surface area contributed by atoms with Crippen LogP contribution < -0.4 is 5.32 Å². The highest BCUT2D eigenvalue weighted by Gasteiger charge is 2.20. The van der Waals surface area contributed by atoms with Crippen LogP contribution in [0.2, 0.25) is 10.0 Å². The Morgan fingerprint density at radius 1 is 1.37 bits per heavy atom. The van der Waals surface area contributed by atoms with E-state index in [-0.39, 0.29) is 11.8 Å². The van der Waals surface area contributed by atoms with Gasteiger partial charge in [-0.1, -0.05) is 23.2 Å². The molecule has 0 saturated carbocycles. The van der Waals surface area contributed by atoms with Crippen molar-refractivity contribution in [3.8, 4) is 0 Å². The Kier molecular flexibility index (Phi) is 5.22. The zero-order valence-corrected chi connectivity index (χ0v) is 12.5. The van der Waals surface area contributed by atoms with E-state index < -0.39 is 0 Å². The number of carbonyl (C=O) groups is 1. The maximum absolute atomic E-state index is 12.3. The minimum absolute atomic E-state index is 0.0766. The third kappa shape index (κ3) is 3.93. The van der Waals surface area contributed by atoms with Crippen LogP contribution in [0, 0.1) is 0 Å². The molecule has 1 aromatic carbocycles. The molecule has 3 nitrogen and oxygen atoms in total. The van der Waals surface area contributed by atoms with E-state index in [1.165, 1.54) is 0 Å². The van der Waals surface area contributed by atoms with Gasteiger partial charge in [-0.15, -0.1) is 0 Å². The number of benzene rings is 1. The summed E-state index contributed by atoms with van der Waals surface area (Å²) < 4.78 is 0. The molecule has 1 aliphatic rings. The van der Waals surface area contributed by atoms with E-state index in [1.807, 2.05) is 0 Å². The first-order valence-electron chi connectivity index (χ1n) is 6.51. The van der Waals surface area contributed by atoms with Gasteiger partial charge in [0.05, 0.1) is 5.02 Å². The SMILES string of the molecule is CC(CC(=O)c1ccc(Cl)cc1Cl)N1CCNCC1. The number of ketones is 1. The molecule has 2 rings (SSSR count). The number of halogens is 2. The maximum Gasteiger partial charge on any atom is 0.165 e. The lowest BCUT2D eigenvalue weighted by atomic mass is 10.0. The van der Waals surface area contributed by atoms with Crippen LogP contribution in [-0.4, -0.2) is 42.9 Å². The number of carbonyl (C=O) groups excluding carboxylic acids is 1. The third-order valence-electron chi connectivity index (χ3n) is 3.49. The summed E-state index contributed by atoms with van der Waals surface area (Å²) in [4.78, 5) is 14.6. The summed E-state index contributed by atoms with van der Waals surface area (Å²) in [5.41, 5.74) is 0.563. The fourth-order valence-electron chi connectivity index (χ4n) is 2.35.